The van der Waals surface area contributed by atoms with E-state index in [0.29, 0.717) is 28.4 Å². The van der Waals surface area contributed by atoms with Crippen molar-refractivity contribution in [2.75, 3.05) is 5.32 Å². The van der Waals surface area contributed by atoms with Crippen LogP contribution in [-0.4, -0.2) is 21.0 Å². The van der Waals surface area contributed by atoms with Crippen LogP contribution in [0.3, 0.4) is 0 Å². The molecule has 1 aromatic carbocycles. The van der Waals surface area contributed by atoms with Gasteiger partial charge in [-0.25, -0.2) is 0 Å². The number of furan rings is 1. The van der Waals surface area contributed by atoms with E-state index in [0.717, 1.165) is 0 Å². The second-order valence-corrected chi connectivity index (χ2v) is 5.14. The van der Waals surface area contributed by atoms with E-state index in [1.165, 1.54) is 12.5 Å². The van der Waals surface area contributed by atoms with Crippen LogP contribution in [0.15, 0.2) is 76.1 Å². The second-order valence-electron chi connectivity index (χ2n) is 5.14. The molecule has 0 bridgehead atoms. The number of benzene rings is 1. The largest absolute Gasteiger partial charge is 0.461 e. The lowest BCUT2D eigenvalue weighted by molar-refractivity contribution is 0.102. The fourth-order valence-electron chi connectivity index (χ4n) is 2.31. The molecule has 3 heterocycles. The predicted molar refractivity (Wildman–Crippen MR) is 89.6 cm³/mol. The third kappa shape index (κ3) is 3.02. The minimum atomic E-state index is -0.272. The molecule has 0 saturated carbocycles. The van der Waals surface area contributed by atoms with Crippen molar-refractivity contribution in [3.05, 3.63) is 72.8 Å². The average Bonchev–Trinajstić information content (AvgIpc) is 3.34. The van der Waals surface area contributed by atoms with E-state index in [2.05, 4.69) is 20.4 Å². The Labute approximate surface area is 142 Å². The Kier molecular flexibility index (Phi) is 3.80. The second kappa shape index (κ2) is 6.40. The molecule has 0 saturated heterocycles. The van der Waals surface area contributed by atoms with Crippen molar-refractivity contribution >= 4 is 11.6 Å². The summed E-state index contributed by atoms with van der Waals surface area (Å²) in [4.78, 5) is 20.6. The van der Waals surface area contributed by atoms with Gasteiger partial charge in [0.2, 0.25) is 5.82 Å². The highest BCUT2D eigenvalue weighted by Crippen LogP contribution is 2.28. The molecule has 0 aliphatic heterocycles. The monoisotopic (exact) mass is 332 g/mol. The van der Waals surface area contributed by atoms with Crippen molar-refractivity contribution in [3.8, 4) is 23.0 Å². The first-order chi connectivity index (χ1) is 12.3. The Hall–Kier alpha value is -3.74. The molecule has 4 aromatic rings. The Morgan fingerprint density at radius 3 is 2.76 bits per heavy atom. The summed E-state index contributed by atoms with van der Waals surface area (Å²) in [6.45, 7) is 0. The zero-order valence-electron chi connectivity index (χ0n) is 12.9. The highest BCUT2D eigenvalue weighted by molar-refractivity contribution is 6.05. The van der Waals surface area contributed by atoms with Gasteiger partial charge in [-0.1, -0.05) is 17.3 Å². The molecule has 0 aliphatic rings. The van der Waals surface area contributed by atoms with Crippen molar-refractivity contribution < 1.29 is 13.7 Å². The van der Waals surface area contributed by atoms with Gasteiger partial charge in [0.15, 0.2) is 5.76 Å². The van der Waals surface area contributed by atoms with Crippen molar-refractivity contribution in [3.63, 3.8) is 0 Å². The first kappa shape index (κ1) is 14.8. The molecule has 0 aliphatic carbocycles. The number of anilines is 1. The number of hydrogen-bond donors (Lipinski definition) is 1. The minimum absolute atomic E-state index is 0.272. The SMILES string of the molecule is O=C(Nc1ccccc1-c1nc(-c2ccco2)no1)c1cccnc1. The summed E-state index contributed by atoms with van der Waals surface area (Å²) in [5.74, 6) is 0.861. The Morgan fingerprint density at radius 2 is 1.96 bits per heavy atom. The normalized spacial score (nSPS) is 10.6. The van der Waals surface area contributed by atoms with Gasteiger partial charge in [0.05, 0.1) is 23.1 Å². The first-order valence-corrected chi connectivity index (χ1v) is 7.49. The summed E-state index contributed by atoms with van der Waals surface area (Å²) in [7, 11) is 0. The average molecular weight is 332 g/mol. The van der Waals surface area contributed by atoms with Crippen LogP contribution in [0.25, 0.3) is 23.0 Å². The van der Waals surface area contributed by atoms with Gasteiger partial charge in [-0.3, -0.25) is 9.78 Å². The maximum Gasteiger partial charge on any atom is 0.260 e. The molecule has 0 unspecified atom stereocenters. The fourth-order valence-corrected chi connectivity index (χ4v) is 2.31. The summed E-state index contributed by atoms with van der Waals surface area (Å²) in [5.41, 5.74) is 1.63. The highest BCUT2D eigenvalue weighted by Gasteiger charge is 2.17. The van der Waals surface area contributed by atoms with Gasteiger partial charge in [0.25, 0.3) is 11.8 Å². The van der Waals surface area contributed by atoms with E-state index in [1.807, 2.05) is 12.1 Å². The Morgan fingerprint density at radius 1 is 1.04 bits per heavy atom. The van der Waals surface area contributed by atoms with Crippen LogP contribution in [0, 0.1) is 0 Å². The number of carbonyl (C=O) groups is 1. The van der Waals surface area contributed by atoms with E-state index >= 15 is 0 Å². The predicted octanol–water partition coefficient (Wildman–Crippen LogP) is 3.64. The number of rotatable bonds is 4. The molecular formula is C18H12N4O3. The molecule has 0 radical (unpaired) electrons. The van der Waals surface area contributed by atoms with Crippen LogP contribution in [0.1, 0.15) is 10.4 Å². The number of nitrogens with one attached hydrogen (secondary N) is 1. The van der Waals surface area contributed by atoms with Gasteiger partial charge in [-0.05, 0) is 36.4 Å². The van der Waals surface area contributed by atoms with Crippen molar-refractivity contribution in [1.29, 1.82) is 0 Å². The van der Waals surface area contributed by atoms with Crippen LogP contribution in [-0.2, 0) is 0 Å². The molecule has 0 fully saturated rings. The maximum absolute atomic E-state index is 12.4. The smallest absolute Gasteiger partial charge is 0.260 e. The quantitative estimate of drug-likeness (QED) is 0.613. The molecule has 0 spiro atoms. The number of aromatic nitrogens is 3. The number of carbonyl (C=O) groups excluding carboxylic acids is 1. The molecule has 7 nitrogen and oxygen atoms in total. The number of nitrogens with zero attached hydrogens (tertiary/aromatic N) is 3. The maximum atomic E-state index is 12.4. The van der Waals surface area contributed by atoms with Crippen LogP contribution in [0.5, 0.6) is 0 Å². The van der Waals surface area contributed by atoms with Crippen molar-refractivity contribution in [2.24, 2.45) is 0 Å². The summed E-state index contributed by atoms with van der Waals surface area (Å²) >= 11 is 0. The Bertz CT molecular complexity index is 994. The highest BCUT2D eigenvalue weighted by atomic mass is 16.5. The number of amides is 1. The van der Waals surface area contributed by atoms with Crippen LogP contribution < -0.4 is 5.32 Å². The summed E-state index contributed by atoms with van der Waals surface area (Å²) in [6, 6.07) is 14.1. The van der Waals surface area contributed by atoms with Crippen LogP contribution >= 0.6 is 0 Å². The van der Waals surface area contributed by atoms with Gasteiger partial charge in [-0.15, -0.1) is 0 Å². The fraction of sp³-hybridized carbons (Fsp3) is 0. The van der Waals surface area contributed by atoms with Gasteiger partial charge in [-0.2, -0.15) is 4.98 Å². The lowest BCUT2D eigenvalue weighted by Gasteiger charge is -2.08. The van der Waals surface area contributed by atoms with Gasteiger partial charge in [0, 0.05) is 12.4 Å². The zero-order chi connectivity index (χ0) is 17.1. The number of pyridine rings is 1. The summed E-state index contributed by atoms with van der Waals surface area (Å²) in [6.07, 6.45) is 4.65. The molecular weight excluding hydrogens is 320 g/mol. The minimum Gasteiger partial charge on any atom is -0.461 e. The molecule has 25 heavy (non-hydrogen) atoms. The molecule has 0 atom stereocenters. The third-order valence-corrected chi connectivity index (χ3v) is 3.50. The molecule has 1 N–H and O–H groups in total. The van der Waals surface area contributed by atoms with Crippen LogP contribution in [0.4, 0.5) is 5.69 Å². The molecule has 7 heteroatoms. The molecule has 4 rings (SSSR count). The van der Waals surface area contributed by atoms with E-state index in [-0.39, 0.29) is 11.8 Å². The van der Waals surface area contributed by atoms with E-state index in [1.54, 1.807) is 42.6 Å². The van der Waals surface area contributed by atoms with E-state index in [4.69, 9.17) is 8.94 Å². The Balaban J connectivity index is 1.65. The molecule has 122 valence electrons. The molecule has 3 aromatic heterocycles. The van der Waals surface area contributed by atoms with Gasteiger partial charge < -0.3 is 14.3 Å². The van der Waals surface area contributed by atoms with E-state index in [9.17, 15) is 4.79 Å². The zero-order valence-corrected chi connectivity index (χ0v) is 12.9. The number of hydrogen-bond acceptors (Lipinski definition) is 6. The lowest BCUT2D eigenvalue weighted by atomic mass is 10.1. The first-order valence-electron chi connectivity index (χ1n) is 7.49. The van der Waals surface area contributed by atoms with E-state index < -0.39 is 0 Å². The summed E-state index contributed by atoms with van der Waals surface area (Å²) < 4.78 is 10.6. The molecule has 1 amide bonds. The van der Waals surface area contributed by atoms with Crippen molar-refractivity contribution in [2.45, 2.75) is 0 Å². The van der Waals surface area contributed by atoms with Gasteiger partial charge >= 0.3 is 0 Å². The van der Waals surface area contributed by atoms with Crippen molar-refractivity contribution in [1.82, 2.24) is 15.1 Å². The number of para-hydroxylation sites is 1. The standard InChI is InChI=1S/C18H12N4O3/c23-17(12-5-3-9-19-11-12)20-14-7-2-1-6-13(14)18-21-16(22-25-18)15-8-4-10-24-15/h1-11H,(H,20,23). The van der Waals surface area contributed by atoms with Gasteiger partial charge in [0.1, 0.15) is 0 Å². The topological polar surface area (TPSA) is 94.1 Å². The summed E-state index contributed by atoms with van der Waals surface area (Å²) in [5, 5.41) is 6.75. The third-order valence-electron chi connectivity index (χ3n) is 3.50. The lowest BCUT2D eigenvalue weighted by Crippen LogP contribution is -2.12. The van der Waals surface area contributed by atoms with Crippen LogP contribution in [0.2, 0.25) is 0 Å².